The number of fused-ring (bicyclic) bond motifs is 3. The zero-order valence-corrected chi connectivity index (χ0v) is 15.8. The molecule has 1 aliphatic rings. The molecule has 0 atom stereocenters. The number of aromatic nitrogens is 2. The minimum absolute atomic E-state index is 0.247. The fraction of sp³-hybridized carbons (Fsp3) is 0.300. The summed E-state index contributed by atoms with van der Waals surface area (Å²) in [5.74, 6) is 1.05. The fourth-order valence-electron chi connectivity index (χ4n) is 4.01. The highest BCUT2D eigenvalue weighted by Gasteiger charge is 2.30. The van der Waals surface area contributed by atoms with E-state index in [-0.39, 0.29) is 11.4 Å². The number of benzene rings is 1. The van der Waals surface area contributed by atoms with Gasteiger partial charge in [0.05, 0.1) is 30.4 Å². The predicted octanol–water partition coefficient (Wildman–Crippen LogP) is 2.58. The van der Waals surface area contributed by atoms with Gasteiger partial charge in [-0.25, -0.2) is 4.98 Å². The topological polar surface area (TPSA) is 105 Å². The van der Waals surface area contributed by atoms with Crippen molar-refractivity contribution in [1.29, 1.82) is 0 Å². The number of carbonyl (C=O) groups is 1. The van der Waals surface area contributed by atoms with Gasteiger partial charge in [0.1, 0.15) is 17.3 Å². The highest BCUT2D eigenvalue weighted by atomic mass is 16.5. The number of primary amides is 1. The van der Waals surface area contributed by atoms with E-state index in [1.54, 1.807) is 11.7 Å². The van der Waals surface area contributed by atoms with E-state index >= 15 is 0 Å². The lowest BCUT2D eigenvalue weighted by atomic mass is 10.1. The lowest BCUT2D eigenvalue weighted by Gasteiger charge is -2.17. The number of hydrogen-bond donors (Lipinski definition) is 2. The monoisotopic (exact) mass is 366 g/mol. The Labute approximate surface area is 156 Å². The molecule has 0 radical (unpaired) electrons. The Morgan fingerprint density at radius 2 is 2.04 bits per heavy atom. The third-order valence-corrected chi connectivity index (χ3v) is 5.27. The summed E-state index contributed by atoms with van der Waals surface area (Å²) in [7, 11) is 1.62. The normalized spacial score (nSPS) is 12.9. The Hall–Kier alpha value is -3.22. The summed E-state index contributed by atoms with van der Waals surface area (Å²) < 4.78 is 13.1. The van der Waals surface area contributed by atoms with Gasteiger partial charge in [-0.1, -0.05) is 6.07 Å². The SMILES string of the molecule is COc1ccc(C)c(-n2c(N)c(C(N)=O)c3c4c(c(C)nc32)CCO4)c1C. The van der Waals surface area contributed by atoms with Crippen molar-refractivity contribution in [2.75, 3.05) is 19.5 Å². The molecular weight excluding hydrogens is 344 g/mol. The summed E-state index contributed by atoms with van der Waals surface area (Å²) >= 11 is 0. The van der Waals surface area contributed by atoms with Gasteiger partial charge in [0.15, 0.2) is 5.65 Å². The van der Waals surface area contributed by atoms with Gasteiger partial charge < -0.3 is 20.9 Å². The van der Waals surface area contributed by atoms with Crippen LogP contribution in [0.15, 0.2) is 12.1 Å². The Morgan fingerprint density at radius 1 is 1.30 bits per heavy atom. The number of carbonyl (C=O) groups excluding carboxylic acids is 1. The Bertz CT molecular complexity index is 1110. The van der Waals surface area contributed by atoms with Crippen LogP contribution in [0.25, 0.3) is 16.7 Å². The molecule has 7 nitrogen and oxygen atoms in total. The number of rotatable bonds is 3. The first-order valence-electron chi connectivity index (χ1n) is 8.77. The molecule has 0 fully saturated rings. The molecule has 2 aromatic heterocycles. The van der Waals surface area contributed by atoms with Crippen LogP contribution in [0.4, 0.5) is 5.82 Å². The van der Waals surface area contributed by atoms with Crippen LogP contribution in [0.2, 0.25) is 0 Å². The van der Waals surface area contributed by atoms with Crippen molar-refractivity contribution < 1.29 is 14.3 Å². The molecule has 4 rings (SSSR count). The van der Waals surface area contributed by atoms with Crippen LogP contribution >= 0.6 is 0 Å². The minimum Gasteiger partial charge on any atom is -0.496 e. The minimum atomic E-state index is -0.599. The van der Waals surface area contributed by atoms with E-state index in [1.807, 2.05) is 32.9 Å². The van der Waals surface area contributed by atoms with Gasteiger partial charge in [0, 0.05) is 23.2 Å². The molecule has 1 aromatic carbocycles. The summed E-state index contributed by atoms with van der Waals surface area (Å²) in [5, 5.41) is 0.583. The van der Waals surface area contributed by atoms with Gasteiger partial charge in [-0.2, -0.15) is 0 Å². The lowest BCUT2D eigenvalue weighted by molar-refractivity contribution is 0.100. The first-order valence-corrected chi connectivity index (χ1v) is 8.77. The average molecular weight is 366 g/mol. The number of ether oxygens (including phenoxy) is 2. The Morgan fingerprint density at radius 3 is 2.70 bits per heavy atom. The second kappa shape index (κ2) is 5.90. The number of pyridine rings is 1. The highest BCUT2D eigenvalue weighted by molar-refractivity contribution is 6.13. The van der Waals surface area contributed by atoms with Crippen LogP contribution in [0.3, 0.4) is 0 Å². The van der Waals surface area contributed by atoms with Crippen LogP contribution in [0.1, 0.15) is 32.7 Å². The van der Waals surface area contributed by atoms with E-state index in [9.17, 15) is 4.79 Å². The van der Waals surface area contributed by atoms with E-state index in [2.05, 4.69) is 0 Å². The van der Waals surface area contributed by atoms with Crippen LogP contribution < -0.4 is 20.9 Å². The van der Waals surface area contributed by atoms with Gasteiger partial charge in [-0.3, -0.25) is 9.36 Å². The number of anilines is 1. The maximum atomic E-state index is 12.3. The number of nitrogen functional groups attached to an aromatic ring is 1. The first kappa shape index (κ1) is 17.2. The number of amides is 1. The zero-order chi connectivity index (χ0) is 19.5. The highest BCUT2D eigenvalue weighted by Crippen LogP contribution is 2.43. The Kier molecular flexibility index (Phi) is 3.76. The third kappa shape index (κ3) is 2.27. The van der Waals surface area contributed by atoms with Crippen molar-refractivity contribution in [2.45, 2.75) is 27.2 Å². The van der Waals surface area contributed by atoms with Crippen molar-refractivity contribution >= 4 is 22.8 Å². The van der Waals surface area contributed by atoms with E-state index in [1.165, 1.54) is 0 Å². The summed E-state index contributed by atoms with van der Waals surface area (Å²) in [5.41, 5.74) is 17.5. The van der Waals surface area contributed by atoms with Crippen molar-refractivity contribution in [3.8, 4) is 17.2 Å². The molecule has 4 N–H and O–H groups in total. The van der Waals surface area contributed by atoms with Gasteiger partial charge in [-0.05, 0) is 32.4 Å². The summed E-state index contributed by atoms with van der Waals surface area (Å²) in [6.45, 7) is 6.42. The summed E-state index contributed by atoms with van der Waals surface area (Å²) in [6, 6.07) is 3.86. The van der Waals surface area contributed by atoms with E-state index in [4.69, 9.17) is 25.9 Å². The van der Waals surface area contributed by atoms with Gasteiger partial charge in [-0.15, -0.1) is 0 Å². The molecule has 3 heterocycles. The fourth-order valence-corrected chi connectivity index (χ4v) is 4.01. The molecule has 1 amide bonds. The van der Waals surface area contributed by atoms with E-state index in [0.717, 1.165) is 40.2 Å². The number of nitrogens with zero attached hydrogens (tertiary/aromatic N) is 2. The number of nitrogens with two attached hydrogens (primary N) is 2. The average Bonchev–Trinajstić information content (AvgIpc) is 3.20. The van der Waals surface area contributed by atoms with Crippen molar-refractivity contribution in [3.05, 3.63) is 40.1 Å². The molecule has 0 aliphatic carbocycles. The van der Waals surface area contributed by atoms with Crippen LogP contribution in [-0.4, -0.2) is 29.2 Å². The van der Waals surface area contributed by atoms with Gasteiger partial charge >= 0.3 is 0 Å². The molecule has 7 heteroatoms. The standard InChI is InChI=1S/C20H22N4O3/c1-9-5-6-13(26-4)10(2)16(9)24-18(21)15(19(22)25)14-17-12(7-8-27-17)11(3)23-20(14)24/h5-6H,7-8,21H2,1-4H3,(H2,22,25). The molecular formula is C20H22N4O3. The van der Waals surface area contributed by atoms with Crippen LogP contribution in [0.5, 0.6) is 11.5 Å². The maximum Gasteiger partial charge on any atom is 0.253 e. The molecule has 0 unspecified atom stereocenters. The van der Waals surface area contributed by atoms with Gasteiger partial charge in [0.2, 0.25) is 0 Å². The quantitative estimate of drug-likeness (QED) is 0.741. The van der Waals surface area contributed by atoms with Crippen molar-refractivity contribution in [3.63, 3.8) is 0 Å². The van der Waals surface area contributed by atoms with Crippen molar-refractivity contribution in [1.82, 2.24) is 9.55 Å². The maximum absolute atomic E-state index is 12.3. The molecule has 0 spiro atoms. The van der Waals surface area contributed by atoms with E-state index < -0.39 is 5.91 Å². The number of aryl methyl sites for hydroxylation is 2. The predicted molar refractivity (Wildman–Crippen MR) is 104 cm³/mol. The smallest absolute Gasteiger partial charge is 0.253 e. The van der Waals surface area contributed by atoms with E-state index in [0.29, 0.717) is 23.4 Å². The number of methoxy groups -OCH3 is 1. The number of hydrogen-bond acceptors (Lipinski definition) is 5. The molecule has 140 valence electrons. The van der Waals surface area contributed by atoms with Crippen LogP contribution in [-0.2, 0) is 6.42 Å². The molecule has 3 aromatic rings. The van der Waals surface area contributed by atoms with Crippen molar-refractivity contribution in [2.24, 2.45) is 5.73 Å². The second-order valence-electron chi connectivity index (χ2n) is 6.82. The summed E-state index contributed by atoms with van der Waals surface area (Å²) in [4.78, 5) is 17.1. The molecule has 1 aliphatic heterocycles. The van der Waals surface area contributed by atoms with Crippen LogP contribution in [0, 0.1) is 20.8 Å². The molecule has 0 saturated carbocycles. The second-order valence-corrected chi connectivity index (χ2v) is 6.82. The molecule has 0 saturated heterocycles. The third-order valence-electron chi connectivity index (χ3n) is 5.27. The zero-order valence-electron chi connectivity index (χ0n) is 15.8. The molecule has 0 bridgehead atoms. The first-order chi connectivity index (χ1) is 12.9. The van der Waals surface area contributed by atoms with Gasteiger partial charge in [0.25, 0.3) is 5.91 Å². The lowest BCUT2D eigenvalue weighted by Crippen LogP contribution is -2.14. The molecule has 27 heavy (non-hydrogen) atoms. The summed E-state index contributed by atoms with van der Waals surface area (Å²) in [6.07, 6.45) is 0.755. The Balaban J connectivity index is 2.20. The largest absolute Gasteiger partial charge is 0.496 e.